The van der Waals surface area contributed by atoms with Gasteiger partial charge in [-0.05, 0) is 50.5 Å². The first kappa shape index (κ1) is 22.1. The molecule has 0 unspecified atom stereocenters. The molecule has 160 valence electrons. The van der Waals surface area contributed by atoms with Gasteiger partial charge >= 0.3 is 0 Å². The number of carbonyl (C=O) groups excluding carboxylic acids is 1. The van der Waals surface area contributed by atoms with E-state index in [-0.39, 0.29) is 11.8 Å². The molecule has 0 radical (unpaired) electrons. The highest BCUT2D eigenvalue weighted by atomic mass is 32.2. The highest BCUT2D eigenvalue weighted by Gasteiger charge is 2.30. The maximum Gasteiger partial charge on any atom is 0.241 e. The molecule has 0 aromatic heterocycles. The fourth-order valence-corrected chi connectivity index (χ4v) is 4.68. The summed E-state index contributed by atoms with van der Waals surface area (Å²) >= 11 is 0. The number of piperidine rings is 1. The van der Waals surface area contributed by atoms with Gasteiger partial charge < -0.3 is 0 Å². The lowest BCUT2D eigenvalue weighted by Crippen LogP contribution is -2.48. The van der Waals surface area contributed by atoms with Crippen LogP contribution in [0.3, 0.4) is 0 Å². The molecule has 1 heterocycles. The van der Waals surface area contributed by atoms with E-state index in [4.69, 9.17) is 0 Å². The van der Waals surface area contributed by atoms with Crippen LogP contribution in [0.15, 0.2) is 60.0 Å². The minimum Gasteiger partial charge on any atom is -0.286 e. The van der Waals surface area contributed by atoms with Crippen LogP contribution in [0.1, 0.15) is 30.9 Å². The molecule has 0 aliphatic carbocycles. The highest BCUT2D eigenvalue weighted by Crippen LogP contribution is 2.22. The summed E-state index contributed by atoms with van der Waals surface area (Å²) in [5, 5.41) is 3.08. The van der Waals surface area contributed by atoms with Crippen molar-refractivity contribution in [2.75, 3.05) is 24.6 Å². The zero-order valence-electron chi connectivity index (χ0n) is 17.5. The summed E-state index contributed by atoms with van der Waals surface area (Å²) in [5.41, 5.74) is 5.92. The van der Waals surface area contributed by atoms with E-state index in [1.807, 2.05) is 73.5 Å². The van der Waals surface area contributed by atoms with E-state index in [0.29, 0.717) is 32.5 Å². The maximum absolute atomic E-state index is 12.7. The minimum absolute atomic E-state index is 0.0608. The number of rotatable bonds is 7. The van der Waals surface area contributed by atoms with Crippen molar-refractivity contribution in [1.29, 1.82) is 0 Å². The molecule has 2 aromatic carbocycles. The Hall–Kier alpha value is -2.64. The number of hydrazine groups is 1. The lowest BCUT2D eigenvalue weighted by molar-refractivity contribution is -0.126. The van der Waals surface area contributed by atoms with E-state index in [9.17, 15) is 13.2 Å². The Morgan fingerprint density at radius 2 is 1.73 bits per heavy atom. The second-order valence-electron chi connectivity index (χ2n) is 7.49. The Labute approximate surface area is 179 Å². The maximum atomic E-state index is 12.7. The fourth-order valence-electron chi connectivity index (χ4n) is 3.46. The summed E-state index contributed by atoms with van der Waals surface area (Å²) in [5.74, 6) is -0.261. The molecule has 30 heavy (non-hydrogen) atoms. The number of nitrogens with zero attached hydrogens (tertiary/aromatic N) is 2. The van der Waals surface area contributed by atoms with Crippen molar-refractivity contribution in [3.05, 3.63) is 71.1 Å². The number of aryl methyl sites for hydroxylation is 1. The monoisotopic (exact) mass is 427 g/mol. The van der Waals surface area contributed by atoms with Crippen LogP contribution in [0.4, 0.5) is 5.69 Å². The molecule has 6 nitrogen and oxygen atoms in total. The average Bonchev–Trinajstić information content (AvgIpc) is 2.77. The van der Waals surface area contributed by atoms with Gasteiger partial charge in [0.15, 0.2) is 0 Å². The van der Waals surface area contributed by atoms with Gasteiger partial charge in [0, 0.05) is 31.0 Å². The zero-order valence-corrected chi connectivity index (χ0v) is 18.3. The van der Waals surface area contributed by atoms with Crippen LogP contribution in [0.2, 0.25) is 0 Å². The number of carbonyl (C=O) groups is 1. The Balaban J connectivity index is 1.55. The third-order valence-electron chi connectivity index (χ3n) is 5.32. The summed E-state index contributed by atoms with van der Waals surface area (Å²) in [6.45, 7) is 5.34. The van der Waals surface area contributed by atoms with E-state index >= 15 is 0 Å². The lowest BCUT2D eigenvalue weighted by atomic mass is 9.97. The van der Waals surface area contributed by atoms with Gasteiger partial charge in [0.2, 0.25) is 15.9 Å². The predicted molar refractivity (Wildman–Crippen MR) is 121 cm³/mol. The molecule has 1 aliphatic heterocycles. The number of nitrogens with one attached hydrogen (secondary N) is 1. The summed E-state index contributed by atoms with van der Waals surface area (Å²) in [6, 6.07) is 17.3. The topological polar surface area (TPSA) is 69.7 Å². The van der Waals surface area contributed by atoms with Crippen LogP contribution >= 0.6 is 0 Å². The van der Waals surface area contributed by atoms with Crippen molar-refractivity contribution >= 4 is 27.7 Å². The normalized spacial score (nSPS) is 15.9. The summed E-state index contributed by atoms with van der Waals surface area (Å²) in [7, 11) is -3.49. The molecule has 3 rings (SSSR count). The van der Waals surface area contributed by atoms with E-state index in [1.54, 1.807) is 6.08 Å². The number of anilines is 1. The van der Waals surface area contributed by atoms with E-state index < -0.39 is 10.0 Å². The molecule has 0 saturated carbocycles. The van der Waals surface area contributed by atoms with E-state index in [1.165, 1.54) is 9.71 Å². The van der Waals surface area contributed by atoms with Crippen LogP contribution in [-0.2, 0) is 14.8 Å². The molecule has 1 saturated heterocycles. The average molecular weight is 428 g/mol. The standard InChI is InChI=1S/C23H29N3O3S/c1-3-26(22-11-9-19(2)10-12-22)24-23(27)21-13-16-25(17-14-21)30(28,29)18-15-20-7-5-4-6-8-20/h4-12,15,18,21H,3,13-14,16-17H2,1-2H3,(H,24,27)/b18-15+. The molecule has 0 spiro atoms. The molecule has 1 aliphatic rings. The van der Waals surface area contributed by atoms with Gasteiger partial charge in [-0.25, -0.2) is 8.42 Å². The molecular formula is C23H29N3O3S. The van der Waals surface area contributed by atoms with E-state index in [2.05, 4.69) is 5.43 Å². The Kier molecular flexibility index (Phi) is 7.29. The first-order valence-electron chi connectivity index (χ1n) is 10.3. The fraction of sp³-hybridized carbons (Fsp3) is 0.348. The molecule has 1 fully saturated rings. The third kappa shape index (κ3) is 5.70. The molecule has 1 N–H and O–H groups in total. The SMILES string of the molecule is CCN(NC(=O)C1CCN(S(=O)(=O)/C=C/c2ccccc2)CC1)c1ccc(C)cc1. The Morgan fingerprint density at radius 3 is 2.33 bits per heavy atom. The van der Waals surface area contributed by atoms with Gasteiger partial charge in [-0.3, -0.25) is 15.2 Å². The van der Waals surface area contributed by atoms with Crippen molar-refractivity contribution in [3.8, 4) is 0 Å². The minimum atomic E-state index is -3.49. The largest absolute Gasteiger partial charge is 0.286 e. The third-order valence-corrected chi connectivity index (χ3v) is 6.89. The zero-order chi connectivity index (χ0) is 21.6. The summed E-state index contributed by atoms with van der Waals surface area (Å²) in [6.07, 6.45) is 2.63. The first-order chi connectivity index (χ1) is 14.4. The lowest BCUT2D eigenvalue weighted by Gasteiger charge is -2.32. The highest BCUT2D eigenvalue weighted by molar-refractivity contribution is 7.92. The Bertz CT molecular complexity index is 965. The molecule has 7 heteroatoms. The van der Waals surface area contributed by atoms with Crippen molar-refractivity contribution in [3.63, 3.8) is 0 Å². The van der Waals surface area contributed by atoms with Gasteiger partial charge in [0.1, 0.15) is 0 Å². The molecule has 1 amide bonds. The van der Waals surface area contributed by atoms with Gasteiger partial charge in [-0.2, -0.15) is 4.31 Å². The summed E-state index contributed by atoms with van der Waals surface area (Å²) in [4.78, 5) is 12.7. The Morgan fingerprint density at radius 1 is 1.10 bits per heavy atom. The quantitative estimate of drug-likeness (QED) is 0.686. The van der Waals surface area contributed by atoms with Gasteiger partial charge in [-0.1, -0.05) is 48.0 Å². The van der Waals surface area contributed by atoms with Crippen LogP contribution in [0.5, 0.6) is 0 Å². The van der Waals surface area contributed by atoms with E-state index in [0.717, 1.165) is 16.8 Å². The van der Waals surface area contributed by atoms with Crippen molar-refractivity contribution in [1.82, 2.24) is 9.73 Å². The van der Waals surface area contributed by atoms with Crippen molar-refractivity contribution < 1.29 is 13.2 Å². The first-order valence-corrected chi connectivity index (χ1v) is 11.8. The van der Waals surface area contributed by atoms with Crippen LogP contribution in [-0.4, -0.2) is 38.3 Å². The summed E-state index contributed by atoms with van der Waals surface area (Å²) < 4.78 is 26.7. The number of amides is 1. The number of hydrogen-bond donors (Lipinski definition) is 1. The number of benzene rings is 2. The van der Waals surface area contributed by atoms with Crippen LogP contribution in [0.25, 0.3) is 6.08 Å². The molecule has 2 aromatic rings. The van der Waals surface area contributed by atoms with Gasteiger partial charge in [-0.15, -0.1) is 0 Å². The van der Waals surface area contributed by atoms with Crippen molar-refractivity contribution in [2.45, 2.75) is 26.7 Å². The molecular weight excluding hydrogens is 398 g/mol. The molecule has 0 atom stereocenters. The second-order valence-corrected chi connectivity index (χ2v) is 9.31. The van der Waals surface area contributed by atoms with Crippen molar-refractivity contribution in [2.24, 2.45) is 5.92 Å². The second kappa shape index (κ2) is 9.91. The molecule has 0 bridgehead atoms. The predicted octanol–water partition coefficient (Wildman–Crippen LogP) is 3.57. The van der Waals surface area contributed by atoms with Gasteiger partial charge in [0.05, 0.1) is 5.69 Å². The van der Waals surface area contributed by atoms with Crippen LogP contribution < -0.4 is 10.4 Å². The smallest absolute Gasteiger partial charge is 0.241 e. The van der Waals surface area contributed by atoms with Gasteiger partial charge in [0.25, 0.3) is 0 Å². The number of sulfonamides is 1. The number of hydrogen-bond acceptors (Lipinski definition) is 4. The van der Waals surface area contributed by atoms with Crippen LogP contribution in [0, 0.1) is 12.8 Å².